The molecule has 3 aromatic rings. The van der Waals surface area contributed by atoms with Gasteiger partial charge in [0.2, 0.25) is 5.91 Å². The summed E-state index contributed by atoms with van der Waals surface area (Å²) >= 11 is 5.97. The second-order valence-corrected chi connectivity index (χ2v) is 6.20. The zero-order valence-electron chi connectivity index (χ0n) is 13.5. The fourth-order valence-corrected chi connectivity index (χ4v) is 2.79. The molecule has 0 radical (unpaired) electrons. The first-order valence-corrected chi connectivity index (χ1v) is 8.34. The highest BCUT2D eigenvalue weighted by molar-refractivity contribution is 6.30. The summed E-state index contributed by atoms with van der Waals surface area (Å²) in [5.74, 6) is -0.442. The van der Waals surface area contributed by atoms with Crippen LogP contribution in [0.25, 0.3) is 0 Å². The SMILES string of the molecule is O=C(Cc1ccc(F)cc1)NC(c1ccccc1)c1ccc(Cl)cc1. The minimum atomic E-state index is -0.313. The minimum Gasteiger partial charge on any atom is -0.345 e. The van der Waals surface area contributed by atoms with E-state index in [1.807, 2.05) is 42.5 Å². The lowest BCUT2D eigenvalue weighted by Crippen LogP contribution is -2.30. The average Bonchev–Trinajstić information content (AvgIpc) is 2.63. The van der Waals surface area contributed by atoms with Crippen molar-refractivity contribution in [2.75, 3.05) is 0 Å². The third-order valence-electron chi connectivity index (χ3n) is 3.92. The lowest BCUT2D eigenvalue weighted by Gasteiger charge is -2.20. The van der Waals surface area contributed by atoms with Crippen molar-refractivity contribution in [3.8, 4) is 0 Å². The van der Waals surface area contributed by atoms with Crippen molar-refractivity contribution in [2.24, 2.45) is 0 Å². The molecule has 0 heterocycles. The van der Waals surface area contributed by atoms with Crippen molar-refractivity contribution >= 4 is 17.5 Å². The summed E-state index contributed by atoms with van der Waals surface area (Å²) in [6.45, 7) is 0. The predicted molar refractivity (Wildman–Crippen MR) is 98.0 cm³/mol. The van der Waals surface area contributed by atoms with Crippen LogP contribution < -0.4 is 5.32 Å². The maximum Gasteiger partial charge on any atom is 0.225 e. The molecular weight excluding hydrogens is 337 g/mol. The summed E-state index contributed by atoms with van der Waals surface area (Å²) in [4.78, 5) is 12.5. The molecule has 0 aromatic heterocycles. The van der Waals surface area contributed by atoms with Crippen molar-refractivity contribution in [3.63, 3.8) is 0 Å². The highest BCUT2D eigenvalue weighted by atomic mass is 35.5. The molecule has 25 heavy (non-hydrogen) atoms. The van der Waals surface area contributed by atoms with E-state index in [2.05, 4.69) is 5.32 Å². The number of benzene rings is 3. The predicted octanol–water partition coefficient (Wildman–Crippen LogP) is 4.93. The van der Waals surface area contributed by atoms with E-state index in [-0.39, 0.29) is 24.2 Å². The number of rotatable bonds is 5. The van der Waals surface area contributed by atoms with Crippen molar-refractivity contribution in [2.45, 2.75) is 12.5 Å². The van der Waals surface area contributed by atoms with E-state index in [9.17, 15) is 9.18 Å². The van der Waals surface area contributed by atoms with E-state index < -0.39 is 0 Å². The number of amides is 1. The van der Waals surface area contributed by atoms with E-state index >= 15 is 0 Å². The Kier molecular flexibility index (Phi) is 5.46. The van der Waals surface area contributed by atoms with Gasteiger partial charge in [-0.1, -0.05) is 66.2 Å². The van der Waals surface area contributed by atoms with Crippen molar-refractivity contribution in [3.05, 3.63) is 106 Å². The van der Waals surface area contributed by atoms with E-state index in [0.717, 1.165) is 16.7 Å². The summed E-state index contributed by atoms with van der Waals surface area (Å²) in [6.07, 6.45) is 0.192. The molecule has 1 N–H and O–H groups in total. The van der Waals surface area contributed by atoms with Crippen LogP contribution in [0.4, 0.5) is 4.39 Å². The van der Waals surface area contributed by atoms with Crippen molar-refractivity contribution in [1.82, 2.24) is 5.32 Å². The largest absolute Gasteiger partial charge is 0.345 e. The van der Waals surface area contributed by atoms with Crippen LogP contribution in [0.5, 0.6) is 0 Å². The Balaban J connectivity index is 1.81. The molecule has 4 heteroatoms. The van der Waals surface area contributed by atoms with Gasteiger partial charge in [-0.15, -0.1) is 0 Å². The number of nitrogens with one attached hydrogen (secondary N) is 1. The van der Waals surface area contributed by atoms with Gasteiger partial charge in [-0.2, -0.15) is 0 Å². The molecule has 0 aliphatic heterocycles. The van der Waals surface area contributed by atoms with Crippen molar-refractivity contribution in [1.29, 1.82) is 0 Å². The summed E-state index contributed by atoms with van der Waals surface area (Å²) < 4.78 is 13.0. The third kappa shape index (κ3) is 4.68. The van der Waals surface area contributed by atoms with E-state index in [0.29, 0.717) is 5.02 Å². The molecular formula is C21H17ClFNO. The summed E-state index contributed by atoms with van der Waals surface area (Å²) in [7, 11) is 0. The monoisotopic (exact) mass is 353 g/mol. The fraction of sp³-hybridized carbons (Fsp3) is 0.0952. The van der Waals surface area contributed by atoms with Gasteiger partial charge in [0.25, 0.3) is 0 Å². The fourth-order valence-electron chi connectivity index (χ4n) is 2.66. The van der Waals surface area contributed by atoms with Crippen LogP contribution in [0.1, 0.15) is 22.7 Å². The standard InChI is InChI=1S/C21H17ClFNO/c22-18-10-8-17(9-11-18)21(16-4-2-1-3-5-16)24-20(25)14-15-6-12-19(23)13-7-15/h1-13,21H,14H2,(H,24,25). The molecule has 0 aliphatic rings. The normalized spacial score (nSPS) is 11.8. The number of hydrogen-bond acceptors (Lipinski definition) is 1. The van der Waals surface area contributed by atoms with Gasteiger partial charge in [0.1, 0.15) is 5.82 Å². The Morgan fingerprint density at radius 1 is 0.880 bits per heavy atom. The highest BCUT2D eigenvalue weighted by Gasteiger charge is 2.17. The lowest BCUT2D eigenvalue weighted by molar-refractivity contribution is -0.120. The van der Waals surface area contributed by atoms with Gasteiger partial charge in [-0.3, -0.25) is 4.79 Å². The quantitative estimate of drug-likeness (QED) is 0.692. The Morgan fingerprint density at radius 2 is 1.48 bits per heavy atom. The van der Waals surface area contributed by atoms with Crippen LogP contribution in [-0.2, 0) is 11.2 Å². The number of carbonyl (C=O) groups excluding carboxylic acids is 1. The first-order chi connectivity index (χ1) is 12.1. The van der Waals surface area contributed by atoms with Crippen LogP contribution in [0.3, 0.4) is 0 Å². The molecule has 0 fully saturated rings. The number of carbonyl (C=O) groups is 1. The van der Waals surface area contributed by atoms with Gasteiger partial charge < -0.3 is 5.32 Å². The summed E-state index contributed by atoms with van der Waals surface area (Å²) in [5.41, 5.74) is 2.70. The Bertz CT molecular complexity index is 832. The Labute approximate surface area is 151 Å². The van der Waals surface area contributed by atoms with Gasteiger partial charge in [0.05, 0.1) is 12.5 Å². The van der Waals surface area contributed by atoms with E-state index in [4.69, 9.17) is 11.6 Å². The summed E-state index contributed by atoms with van der Waals surface area (Å²) in [5, 5.41) is 3.70. The first kappa shape index (κ1) is 17.2. The molecule has 2 nitrogen and oxygen atoms in total. The minimum absolute atomic E-state index is 0.129. The Hall–Kier alpha value is -2.65. The van der Waals surface area contributed by atoms with Crippen LogP contribution in [0, 0.1) is 5.82 Å². The second kappa shape index (κ2) is 7.95. The molecule has 0 saturated carbocycles. The molecule has 0 saturated heterocycles. The molecule has 1 unspecified atom stereocenters. The molecule has 3 rings (SSSR count). The van der Waals surface area contributed by atoms with Gasteiger partial charge in [-0.25, -0.2) is 4.39 Å². The molecule has 0 bridgehead atoms. The molecule has 0 aliphatic carbocycles. The lowest BCUT2D eigenvalue weighted by atomic mass is 9.98. The van der Waals surface area contributed by atoms with Gasteiger partial charge in [0, 0.05) is 5.02 Å². The van der Waals surface area contributed by atoms with Gasteiger partial charge in [0.15, 0.2) is 0 Å². The van der Waals surface area contributed by atoms with E-state index in [1.54, 1.807) is 24.3 Å². The molecule has 3 aromatic carbocycles. The van der Waals surface area contributed by atoms with Crippen LogP contribution in [-0.4, -0.2) is 5.91 Å². The highest BCUT2D eigenvalue weighted by Crippen LogP contribution is 2.23. The smallest absolute Gasteiger partial charge is 0.225 e. The maximum atomic E-state index is 13.0. The molecule has 126 valence electrons. The summed E-state index contributed by atoms with van der Waals surface area (Å²) in [6, 6.07) is 22.8. The Morgan fingerprint density at radius 3 is 2.12 bits per heavy atom. The third-order valence-corrected chi connectivity index (χ3v) is 4.17. The maximum absolute atomic E-state index is 13.0. The molecule has 1 amide bonds. The van der Waals surface area contributed by atoms with Crippen LogP contribution in [0.15, 0.2) is 78.9 Å². The van der Waals surface area contributed by atoms with Crippen molar-refractivity contribution < 1.29 is 9.18 Å². The van der Waals surface area contributed by atoms with Crippen LogP contribution in [0.2, 0.25) is 5.02 Å². The number of halogens is 2. The first-order valence-electron chi connectivity index (χ1n) is 7.96. The topological polar surface area (TPSA) is 29.1 Å². The van der Waals surface area contributed by atoms with E-state index in [1.165, 1.54) is 12.1 Å². The van der Waals surface area contributed by atoms with Gasteiger partial charge >= 0.3 is 0 Å². The zero-order chi connectivity index (χ0) is 17.6. The molecule has 0 spiro atoms. The van der Waals surface area contributed by atoms with Crippen LogP contribution >= 0.6 is 11.6 Å². The second-order valence-electron chi connectivity index (χ2n) is 5.77. The van der Waals surface area contributed by atoms with Gasteiger partial charge in [-0.05, 0) is 41.0 Å². The average molecular weight is 354 g/mol. The molecule has 1 atom stereocenters. The number of hydrogen-bond donors (Lipinski definition) is 1. The zero-order valence-corrected chi connectivity index (χ0v) is 14.2.